The lowest BCUT2D eigenvalue weighted by Gasteiger charge is -2.40. The first-order valence-corrected chi connectivity index (χ1v) is 8.94. The number of amides is 1. The Hall–Kier alpha value is -2.01. The number of ether oxygens (including phenoxy) is 1. The number of hydrogen-bond acceptors (Lipinski definition) is 3. The number of likely N-dealkylation sites (tertiary alicyclic amines) is 2. The number of nitrogens with zero attached hydrogens (tertiary/aromatic N) is 2. The molecule has 1 unspecified atom stereocenters. The molecule has 2 aliphatic rings. The number of piperidine rings is 2. The van der Waals surface area contributed by atoms with Gasteiger partial charge in [-0.2, -0.15) is 0 Å². The van der Waals surface area contributed by atoms with Gasteiger partial charge in [-0.25, -0.2) is 0 Å². The molecule has 0 aliphatic carbocycles. The molecule has 3 heterocycles. The van der Waals surface area contributed by atoms with E-state index in [1.807, 2.05) is 30.3 Å². The summed E-state index contributed by atoms with van der Waals surface area (Å²) in [6.07, 6.45) is 6.25. The van der Waals surface area contributed by atoms with Gasteiger partial charge in [0.2, 0.25) is 5.91 Å². The highest BCUT2D eigenvalue weighted by atomic mass is 16.5. The molecule has 4 rings (SSSR count). The summed E-state index contributed by atoms with van der Waals surface area (Å²) in [6.45, 7) is 2.78. The molecular weight excluding hydrogens is 302 g/mol. The van der Waals surface area contributed by atoms with Crippen molar-refractivity contribution < 1.29 is 9.53 Å². The molecule has 2 aliphatic heterocycles. The lowest BCUT2D eigenvalue weighted by molar-refractivity contribution is -0.139. The summed E-state index contributed by atoms with van der Waals surface area (Å²) in [6, 6.07) is 8.28. The highest BCUT2D eigenvalue weighted by Crippen LogP contribution is 2.28. The fourth-order valence-corrected chi connectivity index (χ4v) is 3.99. The second-order valence-electron chi connectivity index (χ2n) is 6.97. The number of aromatic nitrogens is 1. The third kappa shape index (κ3) is 2.88. The summed E-state index contributed by atoms with van der Waals surface area (Å²) in [5.41, 5.74) is 1.11. The van der Waals surface area contributed by atoms with Crippen LogP contribution in [0.4, 0.5) is 0 Å². The zero-order valence-electron chi connectivity index (χ0n) is 14.2. The van der Waals surface area contributed by atoms with Crippen LogP contribution >= 0.6 is 0 Å². The molecule has 24 heavy (non-hydrogen) atoms. The molecule has 2 aromatic rings. The maximum atomic E-state index is 12.4. The molecule has 128 valence electrons. The summed E-state index contributed by atoms with van der Waals surface area (Å²) in [5.74, 6) is 1.25. The van der Waals surface area contributed by atoms with E-state index in [1.165, 1.54) is 0 Å². The third-order valence-corrected chi connectivity index (χ3v) is 5.40. The van der Waals surface area contributed by atoms with Gasteiger partial charge in [-0.05, 0) is 43.9 Å². The monoisotopic (exact) mass is 327 g/mol. The number of hydrogen-bond donors (Lipinski definition) is 1. The van der Waals surface area contributed by atoms with Crippen molar-refractivity contribution >= 4 is 16.8 Å². The fraction of sp³-hybridized carbons (Fsp3) is 0.526. The molecule has 0 bridgehead atoms. The quantitative estimate of drug-likeness (QED) is 0.943. The van der Waals surface area contributed by atoms with Crippen LogP contribution in [0.3, 0.4) is 0 Å². The smallest absolute Gasteiger partial charge is 0.239 e. The van der Waals surface area contributed by atoms with E-state index in [9.17, 15) is 4.79 Å². The minimum absolute atomic E-state index is 0.0813. The Bertz CT molecular complexity index is 718. The van der Waals surface area contributed by atoms with Gasteiger partial charge >= 0.3 is 0 Å². The number of carbonyl (C=O) groups excluding carboxylic acids is 1. The number of likely N-dealkylation sites (N-methyl/N-ethyl adjacent to an activating group) is 1. The zero-order chi connectivity index (χ0) is 16.5. The summed E-state index contributed by atoms with van der Waals surface area (Å²) < 4.78 is 6.27. The molecular formula is C19H25N3O2. The molecule has 5 nitrogen and oxygen atoms in total. The van der Waals surface area contributed by atoms with E-state index in [0.717, 1.165) is 62.0 Å². The van der Waals surface area contributed by atoms with Crippen molar-refractivity contribution in [3.05, 3.63) is 30.5 Å². The topological polar surface area (TPSA) is 48.6 Å². The first-order chi connectivity index (χ1) is 11.7. The fourth-order valence-electron chi connectivity index (χ4n) is 3.99. The van der Waals surface area contributed by atoms with E-state index in [2.05, 4.69) is 22.0 Å². The molecule has 1 aromatic carbocycles. The number of fused-ring (bicyclic) bond motifs is 1. The van der Waals surface area contributed by atoms with Gasteiger partial charge in [0.15, 0.2) is 0 Å². The Morgan fingerprint density at radius 2 is 1.96 bits per heavy atom. The highest BCUT2D eigenvalue weighted by molar-refractivity contribution is 5.85. The Kier molecular flexibility index (Phi) is 4.19. The van der Waals surface area contributed by atoms with Gasteiger partial charge in [0.1, 0.15) is 11.9 Å². The largest absolute Gasteiger partial charge is 0.490 e. The van der Waals surface area contributed by atoms with E-state index in [0.29, 0.717) is 0 Å². The number of carbonyl (C=O) groups is 1. The van der Waals surface area contributed by atoms with Gasteiger partial charge in [-0.1, -0.05) is 6.07 Å². The average molecular weight is 327 g/mol. The average Bonchev–Trinajstić information content (AvgIpc) is 3.08. The Balaban J connectivity index is 1.38. The van der Waals surface area contributed by atoms with Crippen LogP contribution in [0.15, 0.2) is 30.5 Å². The van der Waals surface area contributed by atoms with E-state index in [4.69, 9.17) is 4.74 Å². The van der Waals surface area contributed by atoms with Crippen molar-refractivity contribution in [1.82, 2.24) is 14.8 Å². The van der Waals surface area contributed by atoms with Crippen molar-refractivity contribution in [1.29, 1.82) is 0 Å². The van der Waals surface area contributed by atoms with Crippen molar-refractivity contribution in [3.63, 3.8) is 0 Å². The summed E-state index contributed by atoms with van der Waals surface area (Å²) in [7, 11) is 1.92. The standard InChI is InChI=1S/C19H25N3O2/c1-21-11-3-5-17(19(21)23)22-12-8-14(9-13-22)24-18-6-2-4-16-15(18)7-10-20-16/h2,4,6-7,10,14,17,20H,3,5,8-9,11-13H2,1H3. The number of rotatable bonds is 3. The molecule has 1 aromatic heterocycles. The lowest BCUT2D eigenvalue weighted by Crippen LogP contribution is -2.54. The van der Waals surface area contributed by atoms with Crippen LogP contribution in [0.1, 0.15) is 25.7 Å². The molecule has 1 atom stereocenters. The summed E-state index contributed by atoms with van der Waals surface area (Å²) in [4.78, 5) is 19.8. The molecule has 1 amide bonds. The third-order valence-electron chi connectivity index (χ3n) is 5.40. The summed E-state index contributed by atoms with van der Waals surface area (Å²) >= 11 is 0. The van der Waals surface area contributed by atoms with Crippen LogP contribution in [0.5, 0.6) is 5.75 Å². The van der Waals surface area contributed by atoms with Crippen LogP contribution < -0.4 is 4.74 Å². The number of nitrogens with one attached hydrogen (secondary N) is 1. The molecule has 2 fully saturated rings. The van der Waals surface area contributed by atoms with Crippen LogP contribution in [0.2, 0.25) is 0 Å². The van der Waals surface area contributed by atoms with E-state index < -0.39 is 0 Å². The molecule has 1 N–H and O–H groups in total. The van der Waals surface area contributed by atoms with Gasteiger partial charge in [-0.15, -0.1) is 0 Å². The SMILES string of the molecule is CN1CCCC(N2CCC(Oc3cccc4[nH]ccc34)CC2)C1=O. The first-order valence-electron chi connectivity index (χ1n) is 8.94. The predicted octanol–water partition coefficient (Wildman–Crippen LogP) is 2.63. The van der Waals surface area contributed by atoms with Gasteiger partial charge in [0.25, 0.3) is 0 Å². The lowest BCUT2D eigenvalue weighted by atomic mass is 9.99. The van der Waals surface area contributed by atoms with Gasteiger partial charge in [0.05, 0.1) is 6.04 Å². The van der Waals surface area contributed by atoms with Crippen molar-refractivity contribution in [2.75, 3.05) is 26.7 Å². The van der Waals surface area contributed by atoms with Gasteiger partial charge in [-0.3, -0.25) is 9.69 Å². The highest BCUT2D eigenvalue weighted by Gasteiger charge is 2.34. The number of benzene rings is 1. The van der Waals surface area contributed by atoms with Crippen molar-refractivity contribution in [2.24, 2.45) is 0 Å². The predicted molar refractivity (Wildman–Crippen MR) is 94.2 cm³/mol. The van der Waals surface area contributed by atoms with E-state index in [-0.39, 0.29) is 18.1 Å². The Morgan fingerprint density at radius 1 is 1.12 bits per heavy atom. The normalized spacial score (nSPS) is 23.8. The summed E-state index contributed by atoms with van der Waals surface area (Å²) in [5, 5.41) is 1.14. The molecule has 2 saturated heterocycles. The van der Waals surface area contributed by atoms with Crippen LogP contribution in [0, 0.1) is 0 Å². The minimum atomic E-state index is 0.0813. The van der Waals surface area contributed by atoms with Gasteiger partial charge in [0, 0.05) is 43.8 Å². The van der Waals surface area contributed by atoms with E-state index >= 15 is 0 Å². The second-order valence-corrected chi connectivity index (χ2v) is 6.97. The van der Waals surface area contributed by atoms with Crippen LogP contribution in [0.25, 0.3) is 10.9 Å². The van der Waals surface area contributed by atoms with Crippen molar-refractivity contribution in [3.8, 4) is 5.75 Å². The molecule has 0 saturated carbocycles. The van der Waals surface area contributed by atoms with Crippen molar-refractivity contribution in [2.45, 2.75) is 37.8 Å². The first kappa shape index (κ1) is 15.5. The number of H-pyrrole nitrogens is 1. The minimum Gasteiger partial charge on any atom is -0.490 e. The van der Waals surface area contributed by atoms with Crippen LogP contribution in [-0.2, 0) is 4.79 Å². The zero-order valence-corrected chi connectivity index (χ0v) is 14.2. The second kappa shape index (κ2) is 6.48. The Labute approximate surface area is 142 Å². The molecule has 0 radical (unpaired) electrons. The van der Waals surface area contributed by atoms with E-state index in [1.54, 1.807) is 0 Å². The number of aromatic amines is 1. The maximum absolute atomic E-state index is 12.4. The molecule has 5 heteroatoms. The van der Waals surface area contributed by atoms with Gasteiger partial charge < -0.3 is 14.6 Å². The maximum Gasteiger partial charge on any atom is 0.239 e. The molecule has 0 spiro atoms. The van der Waals surface area contributed by atoms with Crippen LogP contribution in [-0.4, -0.2) is 59.5 Å². The Morgan fingerprint density at radius 3 is 2.79 bits per heavy atom.